The maximum absolute atomic E-state index is 13.1. The zero-order valence-corrected chi connectivity index (χ0v) is 17.9. The fourth-order valence-corrected chi connectivity index (χ4v) is 3.59. The van der Waals surface area contributed by atoms with Gasteiger partial charge in [0.05, 0.1) is 19.6 Å². The van der Waals surface area contributed by atoms with E-state index in [-0.39, 0.29) is 24.1 Å². The third kappa shape index (κ3) is 6.15. The monoisotopic (exact) mass is 425 g/mol. The molecule has 1 fully saturated rings. The molecule has 0 saturated carbocycles. The molecule has 1 saturated heterocycles. The van der Waals surface area contributed by atoms with Crippen LogP contribution in [0.2, 0.25) is 0 Å². The molecule has 2 aromatic carbocycles. The number of rotatable bonds is 8. The number of nitrogens with zero attached hydrogens (tertiary/aromatic N) is 2. The fourth-order valence-electron chi connectivity index (χ4n) is 3.59. The van der Waals surface area contributed by atoms with Gasteiger partial charge in [0, 0.05) is 38.8 Å². The second kappa shape index (κ2) is 10.7. The van der Waals surface area contributed by atoms with Crippen LogP contribution < -0.4 is 10.1 Å². The predicted octanol–water partition coefficient (Wildman–Crippen LogP) is 2.70. The molecular weight excluding hydrogens is 397 g/mol. The minimum atomic E-state index is -0.528. The molecule has 6 nitrogen and oxygen atoms in total. The van der Waals surface area contributed by atoms with Crippen LogP contribution in [0.4, 0.5) is 4.39 Å². The highest BCUT2D eigenvalue weighted by molar-refractivity contribution is 5.88. The van der Waals surface area contributed by atoms with Crippen molar-refractivity contribution < 1.29 is 18.7 Å². The van der Waals surface area contributed by atoms with E-state index in [0.29, 0.717) is 26.2 Å². The number of methoxy groups -OCH3 is 1. The number of carbonyl (C=O) groups is 2. The zero-order chi connectivity index (χ0) is 22.2. The lowest BCUT2D eigenvalue weighted by Gasteiger charge is -2.34. The van der Waals surface area contributed by atoms with Crippen molar-refractivity contribution in [2.24, 2.45) is 0 Å². The molecule has 0 spiro atoms. The smallest absolute Gasteiger partial charge is 0.237 e. The summed E-state index contributed by atoms with van der Waals surface area (Å²) in [7, 11) is 3.32. The van der Waals surface area contributed by atoms with Gasteiger partial charge in [-0.05, 0) is 23.8 Å². The normalized spacial score (nSPS) is 16.9. The Kier molecular flexibility index (Phi) is 7.78. The number of hydrogen-bond donors (Lipinski definition) is 1. The number of ether oxygens (including phenoxy) is 1. The molecule has 0 bridgehead atoms. The Hall–Kier alpha value is -3.19. The highest BCUT2D eigenvalue weighted by Crippen LogP contribution is 2.19. The van der Waals surface area contributed by atoms with Gasteiger partial charge < -0.3 is 15.0 Å². The number of amides is 2. The standard InChI is InChI=1S/C24H28FN3O3/c1-27(17-18-9-11-20(25)12-10-18)23(29)16-21-24(30)26-13-15-28(21)14-5-7-19-6-3-4-8-22(19)31-2/h3-12,21H,13-17H2,1-2H3,(H,26,30). The lowest BCUT2D eigenvalue weighted by Crippen LogP contribution is -2.56. The van der Waals surface area contributed by atoms with E-state index >= 15 is 0 Å². The van der Waals surface area contributed by atoms with Crippen LogP contribution >= 0.6 is 0 Å². The second-order valence-corrected chi connectivity index (χ2v) is 7.53. The van der Waals surface area contributed by atoms with Gasteiger partial charge in [0.2, 0.25) is 11.8 Å². The second-order valence-electron chi connectivity index (χ2n) is 7.53. The minimum Gasteiger partial charge on any atom is -0.496 e. The molecule has 0 aliphatic carbocycles. The summed E-state index contributed by atoms with van der Waals surface area (Å²) in [6.07, 6.45) is 4.03. The van der Waals surface area contributed by atoms with Crippen LogP contribution in [0.5, 0.6) is 5.75 Å². The summed E-state index contributed by atoms with van der Waals surface area (Å²) in [6, 6.07) is 13.2. The number of hydrogen-bond acceptors (Lipinski definition) is 4. The van der Waals surface area contributed by atoms with E-state index in [9.17, 15) is 14.0 Å². The molecule has 2 aromatic rings. The van der Waals surface area contributed by atoms with Crippen molar-refractivity contribution in [2.75, 3.05) is 33.8 Å². The van der Waals surface area contributed by atoms with Gasteiger partial charge in [0.25, 0.3) is 0 Å². The summed E-state index contributed by atoms with van der Waals surface area (Å²) in [5, 5.41) is 2.85. The molecule has 2 amide bonds. The van der Waals surface area contributed by atoms with Crippen LogP contribution in [0.25, 0.3) is 6.08 Å². The fraction of sp³-hybridized carbons (Fsp3) is 0.333. The summed E-state index contributed by atoms with van der Waals surface area (Å²) in [5.41, 5.74) is 1.79. The summed E-state index contributed by atoms with van der Waals surface area (Å²) in [4.78, 5) is 28.8. The topological polar surface area (TPSA) is 61.9 Å². The molecule has 1 heterocycles. The first-order valence-corrected chi connectivity index (χ1v) is 10.3. The van der Waals surface area contributed by atoms with Gasteiger partial charge in [-0.25, -0.2) is 4.39 Å². The Morgan fingerprint density at radius 1 is 1.26 bits per heavy atom. The van der Waals surface area contributed by atoms with Crippen LogP contribution in [0.3, 0.4) is 0 Å². The summed E-state index contributed by atoms with van der Waals surface area (Å²) >= 11 is 0. The minimum absolute atomic E-state index is 0.0893. The molecule has 1 aliphatic rings. The molecule has 0 radical (unpaired) electrons. The number of piperazine rings is 1. The number of nitrogens with one attached hydrogen (secondary N) is 1. The number of halogens is 1. The molecular formula is C24H28FN3O3. The van der Waals surface area contributed by atoms with Crippen molar-refractivity contribution in [3.63, 3.8) is 0 Å². The van der Waals surface area contributed by atoms with Crippen molar-refractivity contribution in [1.82, 2.24) is 15.1 Å². The van der Waals surface area contributed by atoms with E-state index in [1.54, 1.807) is 31.2 Å². The van der Waals surface area contributed by atoms with Gasteiger partial charge in [-0.3, -0.25) is 14.5 Å². The van der Waals surface area contributed by atoms with Crippen LogP contribution in [-0.2, 0) is 16.1 Å². The third-order valence-electron chi connectivity index (χ3n) is 5.34. The van der Waals surface area contributed by atoms with Gasteiger partial charge in [0.15, 0.2) is 0 Å². The van der Waals surface area contributed by atoms with Gasteiger partial charge >= 0.3 is 0 Å². The van der Waals surface area contributed by atoms with Crippen molar-refractivity contribution in [3.05, 3.63) is 71.6 Å². The Bertz CT molecular complexity index is 930. The number of para-hydroxylation sites is 1. The van der Waals surface area contributed by atoms with E-state index in [2.05, 4.69) is 5.32 Å². The van der Waals surface area contributed by atoms with Gasteiger partial charge in [-0.15, -0.1) is 0 Å². The molecule has 0 aromatic heterocycles. The number of carbonyl (C=O) groups excluding carboxylic acids is 2. The molecule has 31 heavy (non-hydrogen) atoms. The van der Waals surface area contributed by atoms with Crippen LogP contribution in [0, 0.1) is 5.82 Å². The summed E-state index contributed by atoms with van der Waals surface area (Å²) in [6.45, 7) is 2.13. The summed E-state index contributed by atoms with van der Waals surface area (Å²) < 4.78 is 18.4. The van der Waals surface area contributed by atoms with Crippen LogP contribution in [0.1, 0.15) is 17.5 Å². The Balaban J connectivity index is 1.61. The van der Waals surface area contributed by atoms with Gasteiger partial charge in [0.1, 0.15) is 11.6 Å². The first kappa shape index (κ1) is 22.5. The zero-order valence-electron chi connectivity index (χ0n) is 17.9. The molecule has 1 atom stereocenters. The number of benzene rings is 2. The van der Waals surface area contributed by atoms with Crippen molar-refractivity contribution in [1.29, 1.82) is 0 Å². The van der Waals surface area contributed by atoms with Crippen molar-refractivity contribution in [3.8, 4) is 5.75 Å². The maximum atomic E-state index is 13.1. The lowest BCUT2D eigenvalue weighted by atomic mass is 10.1. The van der Waals surface area contributed by atoms with Crippen molar-refractivity contribution in [2.45, 2.75) is 19.0 Å². The predicted molar refractivity (Wildman–Crippen MR) is 118 cm³/mol. The highest BCUT2D eigenvalue weighted by Gasteiger charge is 2.31. The van der Waals surface area contributed by atoms with E-state index in [1.165, 1.54) is 12.1 Å². The van der Waals surface area contributed by atoms with Crippen LogP contribution in [-0.4, -0.2) is 61.4 Å². The average molecular weight is 426 g/mol. The molecule has 1 unspecified atom stereocenters. The molecule has 1 aliphatic heterocycles. The quantitative estimate of drug-likeness (QED) is 0.707. The lowest BCUT2D eigenvalue weighted by molar-refractivity contribution is -0.138. The van der Waals surface area contributed by atoms with Crippen LogP contribution in [0.15, 0.2) is 54.6 Å². The van der Waals surface area contributed by atoms with E-state index in [4.69, 9.17) is 4.74 Å². The Labute approximate surface area is 182 Å². The SMILES string of the molecule is COc1ccccc1C=CCN1CCNC(=O)C1CC(=O)N(C)Cc1ccc(F)cc1. The molecule has 3 rings (SSSR count). The first-order valence-electron chi connectivity index (χ1n) is 10.3. The molecule has 164 valence electrons. The molecule has 1 N–H and O–H groups in total. The summed E-state index contributed by atoms with van der Waals surface area (Å²) in [5.74, 6) is 0.197. The van der Waals surface area contributed by atoms with Crippen molar-refractivity contribution >= 4 is 17.9 Å². The maximum Gasteiger partial charge on any atom is 0.237 e. The average Bonchev–Trinajstić information content (AvgIpc) is 2.77. The first-order chi connectivity index (χ1) is 15.0. The molecule has 7 heteroatoms. The Morgan fingerprint density at radius 2 is 2.00 bits per heavy atom. The van der Waals surface area contributed by atoms with Gasteiger partial charge in [-0.1, -0.05) is 42.5 Å². The van der Waals surface area contributed by atoms with E-state index in [1.807, 2.05) is 41.3 Å². The van der Waals surface area contributed by atoms with E-state index in [0.717, 1.165) is 16.9 Å². The largest absolute Gasteiger partial charge is 0.496 e. The van der Waals surface area contributed by atoms with Gasteiger partial charge in [-0.2, -0.15) is 0 Å². The van der Waals surface area contributed by atoms with E-state index < -0.39 is 6.04 Å². The Morgan fingerprint density at radius 3 is 2.74 bits per heavy atom. The highest BCUT2D eigenvalue weighted by atomic mass is 19.1. The third-order valence-corrected chi connectivity index (χ3v) is 5.34.